The number of nitrogens with zero attached hydrogens (tertiary/aromatic N) is 2. The van der Waals surface area contributed by atoms with Crippen molar-refractivity contribution in [2.24, 2.45) is 0 Å². The molecule has 56 valence electrons. The predicted octanol–water partition coefficient (Wildman–Crippen LogP) is 0.737. The normalized spacial score (nSPS) is 12.3. The van der Waals surface area contributed by atoms with Crippen molar-refractivity contribution in [1.29, 1.82) is 0 Å². The maximum absolute atomic E-state index is 4.08. The van der Waals surface area contributed by atoms with Gasteiger partial charge in [-0.25, -0.2) is 24.2 Å². The summed E-state index contributed by atoms with van der Waals surface area (Å²) in [6.07, 6.45) is 7.97. The molecule has 0 atom stereocenters. The molecule has 2 nitrogen and oxygen atoms in total. The van der Waals surface area contributed by atoms with Gasteiger partial charge in [0.1, 0.15) is 0 Å². The first-order valence-corrected chi connectivity index (χ1v) is 3.08. The number of hydrogen-bond donors (Lipinski definition) is 0. The molecule has 2 radical (unpaired) electrons. The van der Waals surface area contributed by atoms with Crippen LogP contribution in [0.4, 0.5) is 0 Å². The zero-order valence-corrected chi connectivity index (χ0v) is 19.0. The van der Waals surface area contributed by atoms with Crippen molar-refractivity contribution in [3.63, 3.8) is 0 Å². The second-order valence-electron chi connectivity index (χ2n) is 2.14. The van der Waals surface area contributed by atoms with Gasteiger partial charge in [-0.1, -0.05) is 0 Å². The number of imidazole rings is 1. The van der Waals surface area contributed by atoms with E-state index in [9.17, 15) is 0 Å². The molecule has 1 aliphatic rings. The molecule has 0 spiro atoms. The van der Waals surface area contributed by atoms with Gasteiger partial charge in [-0.05, 0) is 0 Å². The van der Waals surface area contributed by atoms with E-state index in [1.165, 1.54) is 0 Å². The zero-order chi connectivity index (χ0) is 6.10. The van der Waals surface area contributed by atoms with Crippen LogP contribution in [0.1, 0.15) is 17.8 Å². The van der Waals surface area contributed by atoms with Crippen LogP contribution in [0.2, 0.25) is 0 Å². The molecule has 0 unspecified atom stereocenters. The Balaban J connectivity index is 0. The first-order chi connectivity index (χ1) is 4.47. The van der Waals surface area contributed by atoms with E-state index in [0.29, 0.717) is 0 Å². The van der Waals surface area contributed by atoms with Crippen LogP contribution in [-0.2, 0) is 71.8 Å². The Hall–Kier alpha value is 0.288. The van der Waals surface area contributed by atoms with Crippen molar-refractivity contribution in [3.8, 4) is 0 Å². The molecule has 0 fully saturated rings. The smallest absolute Gasteiger partial charge is 0 e. The summed E-state index contributed by atoms with van der Waals surface area (Å²) in [6, 6.07) is 0. The summed E-state index contributed by atoms with van der Waals surface area (Å²) in [7, 11) is 0. The largest absolute Gasteiger partial charge is 0.543 e. The third-order valence-corrected chi connectivity index (χ3v) is 1.52. The zero-order valence-electron chi connectivity index (χ0n) is 6.90. The maximum atomic E-state index is 4.08. The topological polar surface area (TPSA) is 27.0 Å². The molecular formula is C7H7N2RfY2-3. The summed E-state index contributed by atoms with van der Waals surface area (Å²) in [5.74, 6) is 0. The Morgan fingerprint density at radius 3 is 2.83 bits per heavy atom. The second-order valence-corrected chi connectivity index (χ2v) is 2.14. The SMILES string of the molecule is [Rf].[Y].[Y].c1nc2c([n-]1)C[CH-]C[CH-]2. The van der Waals surface area contributed by atoms with Crippen molar-refractivity contribution < 1.29 is 65.4 Å². The Bertz CT molecular complexity index is 194. The van der Waals surface area contributed by atoms with Crippen LogP contribution in [0.25, 0.3) is 0 Å². The third-order valence-electron chi connectivity index (χ3n) is 1.52. The first kappa shape index (κ1) is 14.8. The van der Waals surface area contributed by atoms with Crippen LogP contribution in [0.3, 0.4) is 0 Å². The number of fused-ring (bicyclic) bond motifs is 1. The van der Waals surface area contributed by atoms with Gasteiger partial charge in [0.2, 0.25) is 0 Å². The van der Waals surface area contributed by atoms with Gasteiger partial charge >= 0.3 is 0 Å². The van der Waals surface area contributed by atoms with E-state index in [1.54, 1.807) is 6.33 Å². The summed E-state index contributed by atoms with van der Waals surface area (Å²) in [5.41, 5.74) is 2.21. The fourth-order valence-electron chi connectivity index (χ4n) is 1.04. The molecule has 1 aromatic heterocycles. The van der Waals surface area contributed by atoms with E-state index < -0.39 is 0 Å². The van der Waals surface area contributed by atoms with Gasteiger partial charge in [-0.2, -0.15) is 0 Å². The number of aromatic nitrogens is 2. The number of rotatable bonds is 0. The summed E-state index contributed by atoms with van der Waals surface area (Å²) < 4.78 is 0. The van der Waals surface area contributed by atoms with Crippen molar-refractivity contribution in [2.75, 3.05) is 0 Å². The average molecular weight is 564 g/mol. The van der Waals surface area contributed by atoms with Crippen LogP contribution in [-0.4, -0.2) is 4.98 Å². The molecule has 0 aliphatic heterocycles. The third kappa shape index (κ3) is 2.97. The van der Waals surface area contributed by atoms with E-state index in [4.69, 9.17) is 0 Å². The van der Waals surface area contributed by atoms with Crippen LogP contribution in [0, 0.1) is 12.8 Å². The van der Waals surface area contributed by atoms with E-state index >= 15 is 0 Å². The Morgan fingerprint density at radius 2 is 2.17 bits per heavy atom. The van der Waals surface area contributed by atoms with Crippen molar-refractivity contribution in [1.82, 2.24) is 9.97 Å². The molecule has 1 aromatic rings. The summed E-state index contributed by atoms with van der Waals surface area (Å²) >= 11 is 0. The minimum atomic E-state index is 0. The Kier molecular flexibility index (Phi) is 8.34. The molecule has 12 heavy (non-hydrogen) atoms. The molecule has 0 bridgehead atoms. The number of hydrogen-bond acceptors (Lipinski definition) is 1. The summed E-state index contributed by atoms with van der Waals surface area (Å²) in [5, 5.41) is 0. The maximum Gasteiger partial charge on any atom is 0 e. The van der Waals surface area contributed by atoms with Crippen LogP contribution in [0.5, 0.6) is 0 Å². The van der Waals surface area contributed by atoms with Gasteiger partial charge in [0.25, 0.3) is 0 Å². The molecule has 1 aliphatic carbocycles. The molecule has 0 saturated carbocycles. The monoisotopic (exact) mass is 564 g/mol. The van der Waals surface area contributed by atoms with Crippen molar-refractivity contribution in [2.45, 2.75) is 12.8 Å². The van der Waals surface area contributed by atoms with Gasteiger partial charge < -0.3 is 16.4 Å². The quantitative estimate of drug-likeness (QED) is 0.436. The molecule has 0 N–H and O–H groups in total. The Labute approximate surface area is 117 Å². The second kappa shape index (κ2) is 6.77. The minimum absolute atomic E-state index is 0. The minimum Gasteiger partial charge on any atom is -0.543 e. The van der Waals surface area contributed by atoms with Gasteiger partial charge in [0.05, 0.1) is 0 Å². The summed E-state index contributed by atoms with van der Waals surface area (Å²) in [4.78, 5) is 8.15. The molecule has 5 heteroatoms. The standard InChI is InChI=1S/C7H7N2.Rf.2Y/c1-2-4-7-6(3-1)8-5-9-7;;;/h1,4-5H,2-3H2;;;/q-3;;;. The summed E-state index contributed by atoms with van der Waals surface area (Å²) in [6.45, 7) is 0. The van der Waals surface area contributed by atoms with Gasteiger partial charge in [-0.15, -0.1) is 6.33 Å². The molecule has 1 heterocycles. The molecular weight excluding hydrogens is 557 g/mol. The fraction of sp³-hybridized carbons (Fsp3) is 0.286. The van der Waals surface area contributed by atoms with Crippen LogP contribution < -0.4 is 4.98 Å². The van der Waals surface area contributed by atoms with E-state index in [1.807, 2.05) is 0 Å². The van der Waals surface area contributed by atoms with Gasteiger partial charge in [0.15, 0.2) is 0 Å². The van der Waals surface area contributed by atoms with E-state index in [-0.39, 0.29) is 65.4 Å². The van der Waals surface area contributed by atoms with E-state index in [2.05, 4.69) is 22.8 Å². The van der Waals surface area contributed by atoms with Gasteiger partial charge in [-0.3, -0.25) is 6.42 Å². The van der Waals surface area contributed by atoms with Crippen molar-refractivity contribution >= 4 is 0 Å². The predicted molar refractivity (Wildman–Crippen MR) is 33.6 cm³/mol. The molecule has 0 saturated heterocycles. The fourth-order valence-corrected chi connectivity index (χ4v) is 1.04. The molecule has 0 aromatic carbocycles. The van der Waals surface area contributed by atoms with Gasteiger partial charge in [0, 0.05) is 65.4 Å². The Morgan fingerprint density at radius 1 is 1.42 bits per heavy atom. The average Bonchev–Trinajstić information content (AvgIpc) is 2.33. The van der Waals surface area contributed by atoms with E-state index in [0.717, 1.165) is 24.2 Å². The van der Waals surface area contributed by atoms with Crippen LogP contribution >= 0.6 is 0 Å². The molecule has 0 amide bonds. The van der Waals surface area contributed by atoms with Crippen molar-refractivity contribution in [3.05, 3.63) is 30.6 Å². The first-order valence-electron chi connectivity index (χ1n) is 3.08. The molecule has 2 rings (SSSR count). The van der Waals surface area contributed by atoms with Crippen LogP contribution in [0.15, 0.2) is 6.33 Å².